The van der Waals surface area contributed by atoms with Crippen molar-refractivity contribution >= 4 is 11.8 Å². The van der Waals surface area contributed by atoms with E-state index in [4.69, 9.17) is 9.47 Å². The first-order valence-electron chi connectivity index (χ1n) is 9.65. The number of morpholine rings is 1. The Morgan fingerprint density at radius 1 is 1.44 bits per heavy atom. The summed E-state index contributed by atoms with van der Waals surface area (Å²) in [7, 11) is 1.56. The van der Waals surface area contributed by atoms with Gasteiger partial charge in [0, 0.05) is 31.2 Å². The average Bonchev–Trinajstić information content (AvgIpc) is 3.34. The number of nitrogens with zero attached hydrogens (tertiary/aromatic N) is 2. The quantitative estimate of drug-likeness (QED) is 0.784. The lowest BCUT2D eigenvalue weighted by atomic mass is 10.1. The van der Waals surface area contributed by atoms with Gasteiger partial charge in [0.25, 0.3) is 11.8 Å². The largest absolute Gasteiger partial charge is 0.481 e. The summed E-state index contributed by atoms with van der Waals surface area (Å²) < 4.78 is 10.9. The van der Waals surface area contributed by atoms with Crippen molar-refractivity contribution in [1.29, 1.82) is 0 Å². The van der Waals surface area contributed by atoms with Crippen molar-refractivity contribution in [2.45, 2.75) is 50.9 Å². The zero-order valence-corrected chi connectivity index (χ0v) is 15.6. The molecular weight excluding hydrogens is 348 g/mol. The molecular formula is C19H26N4O4. The molecule has 2 N–H and O–H groups in total. The molecule has 1 atom stereocenters. The van der Waals surface area contributed by atoms with E-state index in [1.165, 1.54) is 12.8 Å². The molecule has 1 aliphatic carbocycles. The van der Waals surface area contributed by atoms with Gasteiger partial charge in [0.05, 0.1) is 31.5 Å². The van der Waals surface area contributed by atoms with Gasteiger partial charge in [-0.3, -0.25) is 9.59 Å². The highest BCUT2D eigenvalue weighted by Gasteiger charge is 2.36. The number of hydrogen-bond donors (Lipinski definition) is 2. The van der Waals surface area contributed by atoms with Crippen LogP contribution in [-0.4, -0.2) is 60.7 Å². The molecule has 27 heavy (non-hydrogen) atoms. The fourth-order valence-corrected chi connectivity index (χ4v) is 4.11. The molecule has 8 nitrogen and oxygen atoms in total. The van der Waals surface area contributed by atoms with Crippen molar-refractivity contribution < 1.29 is 19.1 Å². The Hall–Kier alpha value is -2.19. The Labute approximate surface area is 158 Å². The van der Waals surface area contributed by atoms with Crippen LogP contribution in [0.3, 0.4) is 0 Å². The minimum Gasteiger partial charge on any atom is -0.481 e. The number of aromatic nitrogens is 1. The summed E-state index contributed by atoms with van der Waals surface area (Å²) in [4.78, 5) is 31.6. The third-order valence-electron chi connectivity index (χ3n) is 5.58. The minimum atomic E-state index is -0.494. The third-order valence-corrected chi connectivity index (χ3v) is 5.58. The second kappa shape index (κ2) is 7.82. The molecule has 3 heterocycles. The molecule has 2 aliphatic heterocycles. The smallest absolute Gasteiger partial charge is 0.256 e. The predicted molar refractivity (Wildman–Crippen MR) is 97.4 cm³/mol. The van der Waals surface area contributed by atoms with Crippen molar-refractivity contribution in [3.63, 3.8) is 0 Å². The van der Waals surface area contributed by atoms with Crippen molar-refractivity contribution in [3.8, 4) is 5.88 Å². The van der Waals surface area contributed by atoms with Crippen molar-refractivity contribution in [3.05, 3.63) is 22.9 Å². The number of methoxy groups -OCH3 is 1. The SMILES string of the molecule is COc1nc2c(cc1CNC(=O)[C@H]1CNCCO1)C(=O)N(C1CCCC1)C2. The van der Waals surface area contributed by atoms with Crippen LogP contribution < -0.4 is 15.4 Å². The first-order valence-corrected chi connectivity index (χ1v) is 9.65. The Balaban J connectivity index is 1.47. The topological polar surface area (TPSA) is 92.8 Å². The third kappa shape index (κ3) is 3.64. The maximum atomic E-state index is 12.9. The minimum absolute atomic E-state index is 0.0412. The van der Waals surface area contributed by atoms with Crippen LogP contribution in [0.5, 0.6) is 5.88 Å². The number of hydrogen-bond acceptors (Lipinski definition) is 6. The van der Waals surface area contributed by atoms with Crippen molar-refractivity contribution in [2.75, 3.05) is 26.8 Å². The van der Waals surface area contributed by atoms with Crippen LogP contribution in [0.1, 0.15) is 47.3 Å². The second-order valence-corrected chi connectivity index (χ2v) is 7.30. The molecule has 1 saturated carbocycles. The first-order chi connectivity index (χ1) is 13.2. The zero-order chi connectivity index (χ0) is 18.8. The molecule has 146 valence electrons. The number of carbonyl (C=O) groups is 2. The molecule has 0 radical (unpaired) electrons. The van der Waals surface area contributed by atoms with Gasteiger partial charge < -0.3 is 25.0 Å². The summed E-state index contributed by atoms with van der Waals surface area (Å²) in [6, 6.07) is 2.13. The standard InChI is InChI=1S/C19H26N4O4/c1-26-18-12(9-21-17(24)16-10-20-6-7-27-16)8-14-15(22-18)11-23(19(14)25)13-4-2-3-5-13/h8,13,16,20H,2-7,9-11H2,1H3,(H,21,24)/t16-/m1/s1. The normalized spacial score (nSPS) is 22.8. The number of ether oxygens (including phenoxy) is 2. The number of rotatable bonds is 5. The lowest BCUT2D eigenvalue weighted by molar-refractivity contribution is -0.134. The highest BCUT2D eigenvalue weighted by Crippen LogP contribution is 2.33. The number of nitrogens with one attached hydrogen (secondary N) is 2. The van der Waals surface area contributed by atoms with Gasteiger partial charge in [-0.05, 0) is 18.9 Å². The van der Waals surface area contributed by atoms with Gasteiger partial charge in [0.2, 0.25) is 5.88 Å². The van der Waals surface area contributed by atoms with E-state index in [0.717, 1.165) is 25.1 Å². The Bertz CT molecular complexity index is 727. The monoisotopic (exact) mass is 374 g/mol. The van der Waals surface area contributed by atoms with Crippen LogP contribution in [0, 0.1) is 0 Å². The van der Waals surface area contributed by atoms with Crippen LogP contribution >= 0.6 is 0 Å². The lowest BCUT2D eigenvalue weighted by Crippen LogP contribution is -2.47. The van der Waals surface area contributed by atoms with E-state index in [1.54, 1.807) is 7.11 Å². The molecule has 8 heteroatoms. The summed E-state index contributed by atoms with van der Waals surface area (Å²) in [6.45, 7) is 2.57. The summed E-state index contributed by atoms with van der Waals surface area (Å²) in [5.41, 5.74) is 2.09. The Morgan fingerprint density at radius 2 is 2.26 bits per heavy atom. The van der Waals surface area contributed by atoms with Gasteiger partial charge in [0.15, 0.2) is 0 Å². The van der Waals surface area contributed by atoms with Gasteiger partial charge in [-0.25, -0.2) is 4.98 Å². The maximum absolute atomic E-state index is 12.9. The summed E-state index contributed by atoms with van der Waals surface area (Å²) in [5.74, 6) is 0.320. The molecule has 0 aromatic carbocycles. The maximum Gasteiger partial charge on any atom is 0.256 e. The van der Waals surface area contributed by atoms with Crippen LogP contribution in [0.2, 0.25) is 0 Å². The molecule has 0 bridgehead atoms. The van der Waals surface area contributed by atoms with E-state index in [1.807, 2.05) is 11.0 Å². The van der Waals surface area contributed by atoms with Gasteiger partial charge in [-0.2, -0.15) is 0 Å². The van der Waals surface area contributed by atoms with Gasteiger partial charge in [0.1, 0.15) is 6.10 Å². The average molecular weight is 374 g/mol. The molecule has 1 saturated heterocycles. The molecule has 4 rings (SSSR count). The van der Waals surface area contributed by atoms with Crippen LogP contribution in [-0.2, 0) is 22.6 Å². The van der Waals surface area contributed by atoms with Gasteiger partial charge in [-0.1, -0.05) is 12.8 Å². The first kappa shape index (κ1) is 18.2. The molecule has 1 aromatic rings. The lowest BCUT2D eigenvalue weighted by Gasteiger charge is -2.23. The Kier molecular flexibility index (Phi) is 5.27. The Morgan fingerprint density at radius 3 is 2.96 bits per heavy atom. The molecule has 0 unspecified atom stereocenters. The highest BCUT2D eigenvalue weighted by molar-refractivity contribution is 5.98. The fraction of sp³-hybridized carbons (Fsp3) is 0.632. The second-order valence-electron chi connectivity index (χ2n) is 7.30. The number of fused-ring (bicyclic) bond motifs is 1. The van der Waals surface area contributed by atoms with E-state index in [-0.39, 0.29) is 18.4 Å². The summed E-state index contributed by atoms with van der Waals surface area (Å²) in [5, 5.41) is 6.00. The van der Waals surface area contributed by atoms with Crippen LogP contribution in [0.15, 0.2) is 6.07 Å². The molecule has 3 aliphatic rings. The van der Waals surface area contributed by atoms with Crippen LogP contribution in [0.25, 0.3) is 0 Å². The summed E-state index contributed by atoms with van der Waals surface area (Å²) >= 11 is 0. The van der Waals surface area contributed by atoms with Gasteiger partial charge in [-0.15, -0.1) is 0 Å². The zero-order valence-electron chi connectivity index (χ0n) is 15.6. The van der Waals surface area contributed by atoms with E-state index < -0.39 is 6.10 Å². The van der Waals surface area contributed by atoms with E-state index in [0.29, 0.717) is 42.7 Å². The van der Waals surface area contributed by atoms with Crippen molar-refractivity contribution in [1.82, 2.24) is 20.5 Å². The molecule has 1 aromatic heterocycles. The van der Waals surface area contributed by atoms with E-state index in [9.17, 15) is 9.59 Å². The molecule has 2 amide bonds. The van der Waals surface area contributed by atoms with Crippen molar-refractivity contribution in [2.24, 2.45) is 0 Å². The highest BCUT2D eigenvalue weighted by atomic mass is 16.5. The number of carbonyl (C=O) groups excluding carboxylic acids is 2. The number of pyridine rings is 1. The van der Waals surface area contributed by atoms with E-state index >= 15 is 0 Å². The van der Waals surface area contributed by atoms with Gasteiger partial charge >= 0.3 is 0 Å². The number of amides is 2. The molecule has 0 spiro atoms. The molecule has 2 fully saturated rings. The van der Waals surface area contributed by atoms with Crippen LogP contribution in [0.4, 0.5) is 0 Å². The summed E-state index contributed by atoms with van der Waals surface area (Å²) in [6.07, 6.45) is 3.99. The fourth-order valence-electron chi connectivity index (χ4n) is 4.11. The predicted octanol–water partition coefficient (Wildman–Crippen LogP) is 0.593. The van der Waals surface area contributed by atoms with E-state index in [2.05, 4.69) is 15.6 Å².